The molecule has 0 fully saturated rings. The van der Waals surface area contributed by atoms with Crippen LogP contribution in [0.15, 0.2) is 97.1 Å². The first-order valence-electron chi connectivity index (χ1n) is 15.9. The molecule has 0 N–H and O–H groups in total. The summed E-state index contributed by atoms with van der Waals surface area (Å²) in [4.78, 5) is 15.5. The summed E-state index contributed by atoms with van der Waals surface area (Å²) < 4.78 is 5.74. The van der Waals surface area contributed by atoms with E-state index in [1.807, 2.05) is 18.2 Å². The molecule has 0 radical (unpaired) electrons. The summed E-state index contributed by atoms with van der Waals surface area (Å²) in [5.74, 6) is 1.58. The van der Waals surface area contributed by atoms with Gasteiger partial charge in [-0.25, -0.2) is 4.79 Å². The van der Waals surface area contributed by atoms with Gasteiger partial charge in [0.15, 0.2) is 0 Å². The van der Waals surface area contributed by atoms with Crippen molar-refractivity contribution in [2.24, 2.45) is 17.8 Å². The van der Waals surface area contributed by atoms with E-state index in [0.29, 0.717) is 23.3 Å². The molecule has 0 bridgehead atoms. The van der Waals surface area contributed by atoms with Crippen LogP contribution in [0.3, 0.4) is 0 Å². The van der Waals surface area contributed by atoms with Crippen LogP contribution in [0.5, 0.6) is 0 Å². The maximum absolute atomic E-state index is 13.1. The summed E-state index contributed by atoms with van der Waals surface area (Å²) in [5.41, 5.74) is 9.11. The van der Waals surface area contributed by atoms with Gasteiger partial charge in [-0.3, -0.25) is 0 Å². The van der Waals surface area contributed by atoms with E-state index in [2.05, 4.69) is 125 Å². The summed E-state index contributed by atoms with van der Waals surface area (Å²) in [6.45, 7) is 15.2. The van der Waals surface area contributed by atoms with Crippen molar-refractivity contribution in [3.63, 3.8) is 0 Å². The van der Waals surface area contributed by atoms with Crippen molar-refractivity contribution < 1.29 is 9.53 Å². The van der Waals surface area contributed by atoms with Crippen molar-refractivity contribution in [1.82, 2.24) is 0 Å². The molecule has 0 aliphatic heterocycles. The second-order valence-corrected chi connectivity index (χ2v) is 13.2. The van der Waals surface area contributed by atoms with Crippen LogP contribution >= 0.6 is 0 Å². The number of hydrogen-bond acceptors (Lipinski definition) is 3. The highest BCUT2D eigenvalue weighted by Crippen LogP contribution is 2.24. The van der Waals surface area contributed by atoms with E-state index in [4.69, 9.17) is 4.74 Å². The average Bonchev–Trinajstić information content (AvgIpc) is 2.97. The fraction of sp³-hybridized carbons (Fsp3) is 0.375. The number of rotatable bonds is 14. The van der Waals surface area contributed by atoms with Gasteiger partial charge in [-0.2, -0.15) is 0 Å². The van der Waals surface area contributed by atoms with Crippen LogP contribution in [0.25, 0.3) is 0 Å². The van der Waals surface area contributed by atoms with Crippen molar-refractivity contribution in [3.8, 4) is 0 Å². The molecule has 0 aliphatic rings. The van der Waals surface area contributed by atoms with Crippen LogP contribution in [0.4, 0.5) is 5.69 Å². The summed E-state index contributed by atoms with van der Waals surface area (Å²) >= 11 is 0. The molecule has 4 rings (SSSR count). The van der Waals surface area contributed by atoms with Gasteiger partial charge in [0.25, 0.3) is 0 Å². The minimum atomic E-state index is -0.302. The molecule has 0 saturated carbocycles. The number of carbonyl (C=O) groups is 1. The molecule has 0 atom stereocenters. The fourth-order valence-electron chi connectivity index (χ4n) is 5.49. The molecule has 0 heterocycles. The number of esters is 1. The molecule has 0 amide bonds. The Hall–Kier alpha value is -3.85. The van der Waals surface area contributed by atoms with Crippen molar-refractivity contribution in [2.45, 2.75) is 80.5 Å². The van der Waals surface area contributed by atoms with Gasteiger partial charge in [0.2, 0.25) is 0 Å². The monoisotopic (exact) mass is 575 g/mol. The minimum absolute atomic E-state index is 0.264. The zero-order valence-corrected chi connectivity index (χ0v) is 27.0. The van der Waals surface area contributed by atoms with Crippen LogP contribution in [-0.4, -0.2) is 5.97 Å². The van der Waals surface area contributed by atoms with E-state index in [1.54, 1.807) is 0 Å². The number of carbonyl (C=O) groups excluding carboxylic acids is 1. The van der Waals surface area contributed by atoms with Crippen LogP contribution in [0.1, 0.15) is 85.3 Å². The Morgan fingerprint density at radius 3 is 1.37 bits per heavy atom. The third-order valence-corrected chi connectivity index (χ3v) is 7.56. The van der Waals surface area contributed by atoms with Gasteiger partial charge in [-0.15, -0.1) is 0 Å². The van der Waals surface area contributed by atoms with Gasteiger partial charge in [-0.05, 0) is 88.6 Å². The third-order valence-electron chi connectivity index (χ3n) is 7.56. The van der Waals surface area contributed by atoms with Gasteiger partial charge >= 0.3 is 5.97 Å². The summed E-state index contributed by atoms with van der Waals surface area (Å²) in [6, 6.07) is 34.2. The molecule has 4 aromatic carbocycles. The Morgan fingerprint density at radius 1 is 0.558 bits per heavy atom. The van der Waals surface area contributed by atoms with Crippen molar-refractivity contribution >= 4 is 11.7 Å². The van der Waals surface area contributed by atoms with Crippen LogP contribution < -0.4 is 4.90 Å². The van der Waals surface area contributed by atoms with E-state index in [-0.39, 0.29) is 12.6 Å². The SMILES string of the molecule is CC(C)Cc1ccc(COC(=O)c2cccc(N(Cc3ccc(CC(C)C)cc3)Cc3ccc(CC(C)C)cc3)c2)cc1. The predicted octanol–water partition coefficient (Wildman–Crippen LogP) is 9.85. The third kappa shape index (κ3) is 10.4. The Morgan fingerprint density at radius 2 is 0.953 bits per heavy atom. The standard InChI is InChI=1S/C40H49NO2/c1-29(2)22-32-10-16-35(17-11-32)26-41(27-36-18-12-33(13-19-36)23-30(3)4)39-9-7-8-38(25-39)40(42)43-28-37-20-14-34(15-21-37)24-31(5)6/h7-21,25,29-31H,22-24,26-28H2,1-6H3. The lowest BCUT2D eigenvalue weighted by atomic mass is 10.0. The Bertz CT molecular complexity index is 1360. The highest BCUT2D eigenvalue weighted by atomic mass is 16.5. The smallest absolute Gasteiger partial charge is 0.338 e. The number of anilines is 1. The molecule has 0 unspecified atom stereocenters. The van der Waals surface area contributed by atoms with E-state index in [1.165, 1.54) is 27.8 Å². The highest BCUT2D eigenvalue weighted by Gasteiger charge is 2.14. The van der Waals surface area contributed by atoms with Crippen molar-refractivity contribution in [2.75, 3.05) is 4.90 Å². The van der Waals surface area contributed by atoms with Crippen LogP contribution in [-0.2, 0) is 43.7 Å². The second-order valence-electron chi connectivity index (χ2n) is 13.2. The maximum Gasteiger partial charge on any atom is 0.338 e. The largest absolute Gasteiger partial charge is 0.457 e. The van der Waals surface area contributed by atoms with Gasteiger partial charge in [-0.1, -0.05) is 120 Å². The molecule has 43 heavy (non-hydrogen) atoms. The van der Waals surface area contributed by atoms with Crippen molar-refractivity contribution in [3.05, 3.63) is 136 Å². The quantitative estimate of drug-likeness (QED) is 0.140. The number of nitrogens with zero attached hydrogens (tertiary/aromatic N) is 1. The number of benzene rings is 4. The van der Waals surface area contributed by atoms with E-state index in [9.17, 15) is 4.79 Å². The maximum atomic E-state index is 13.1. The van der Waals surface area contributed by atoms with Crippen LogP contribution in [0, 0.1) is 17.8 Å². The van der Waals surface area contributed by atoms with Crippen LogP contribution in [0.2, 0.25) is 0 Å². The second kappa shape index (κ2) is 15.6. The first kappa shape index (κ1) is 32.1. The number of ether oxygens (including phenoxy) is 1. The Kier molecular flexibility index (Phi) is 11.6. The van der Waals surface area contributed by atoms with Gasteiger partial charge in [0.1, 0.15) is 6.61 Å². The Labute approximate surface area is 259 Å². The molecule has 0 aromatic heterocycles. The minimum Gasteiger partial charge on any atom is -0.457 e. The normalized spacial score (nSPS) is 11.4. The predicted molar refractivity (Wildman–Crippen MR) is 180 cm³/mol. The molecule has 226 valence electrons. The summed E-state index contributed by atoms with van der Waals surface area (Å²) in [7, 11) is 0. The molecule has 4 aromatic rings. The van der Waals surface area contributed by atoms with E-state index >= 15 is 0 Å². The number of hydrogen-bond donors (Lipinski definition) is 0. The fourth-order valence-corrected chi connectivity index (χ4v) is 5.49. The topological polar surface area (TPSA) is 29.5 Å². The Balaban J connectivity index is 1.50. The summed E-state index contributed by atoms with van der Waals surface area (Å²) in [5, 5.41) is 0. The molecule has 3 nitrogen and oxygen atoms in total. The van der Waals surface area contributed by atoms with Gasteiger partial charge in [0.05, 0.1) is 5.56 Å². The molecule has 3 heteroatoms. The lowest BCUT2D eigenvalue weighted by molar-refractivity contribution is 0.0472. The van der Waals surface area contributed by atoms with Crippen molar-refractivity contribution in [1.29, 1.82) is 0 Å². The lowest BCUT2D eigenvalue weighted by Crippen LogP contribution is -2.22. The molecular formula is C40H49NO2. The van der Waals surface area contributed by atoms with Gasteiger partial charge < -0.3 is 9.64 Å². The molecular weight excluding hydrogens is 526 g/mol. The molecule has 0 aliphatic carbocycles. The summed E-state index contributed by atoms with van der Waals surface area (Å²) in [6.07, 6.45) is 3.21. The molecule has 0 saturated heterocycles. The van der Waals surface area contributed by atoms with Gasteiger partial charge in [0, 0.05) is 18.8 Å². The zero-order chi connectivity index (χ0) is 30.8. The highest BCUT2D eigenvalue weighted by molar-refractivity contribution is 5.90. The zero-order valence-electron chi connectivity index (χ0n) is 27.0. The average molecular weight is 576 g/mol. The first-order chi connectivity index (χ1) is 20.6. The van der Waals surface area contributed by atoms with E-state index < -0.39 is 0 Å². The first-order valence-corrected chi connectivity index (χ1v) is 15.9. The lowest BCUT2D eigenvalue weighted by Gasteiger charge is -2.26. The molecule has 0 spiro atoms. The van der Waals surface area contributed by atoms with E-state index in [0.717, 1.165) is 43.6 Å².